The van der Waals surface area contributed by atoms with Gasteiger partial charge in [0.25, 0.3) is 0 Å². The van der Waals surface area contributed by atoms with E-state index in [1.165, 1.54) is 42.2 Å². The zero-order valence-corrected chi connectivity index (χ0v) is 15.3. The standard InChI is InChI=1S/C24H22N2/c1-24(2)22(18-10-6-16(14-25)7-11-18)20-4-3-5-21(20)23(24)19-12-8-17(15-26)9-13-19/h6-13,20-21H,3-5H2,1-2H3. The van der Waals surface area contributed by atoms with Crippen LogP contribution in [0, 0.1) is 51.7 Å². The molecule has 0 aliphatic heterocycles. The van der Waals surface area contributed by atoms with Crippen molar-refractivity contribution in [2.45, 2.75) is 33.1 Å². The summed E-state index contributed by atoms with van der Waals surface area (Å²) in [6.07, 6.45) is 3.75. The largest absolute Gasteiger partial charge is 0.192 e. The monoisotopic (exact) mass is 338 g/mol. The van der Waals surface area contributed by atoms with Crippen LogP contribution in [-0.4, -0.2) is 0 Å². The minimum atomic E-state index is -0.0158. The first-order chi connectivity index (χ1) is 12.6. The maximum absolute atomic E-state index is 9.10. The maximum Gasteiger partial charge on any atom is 0.0991 e. The highest BCUT2D eigenvalue weighted by atomic mass is 14.6. The first-order valence-corrected chi connectivity index (χ1v) is 9.32. The van der Waals surface area contributed by atoms with Crippen LogP contribution in [0.4, 0.5) is 0 Å². The molecule has 0 heterocycles. The van der Waals surface area contributed by atoms with E-state index in [-0.39, 0.29) is 5.41 Å². The molecule has 2 atom stereocenters. The zero-order chi connectivity index (χ0) is 18.3. The van der Waals surface area contributed by atoms with E-state index >= 15 is 0 Å². The summed E-state index contributed by atoms with van der Waals surface area (Å²) < 4.78 is 0. The van der Waals surface area contributed by atoms with Crippen LogP contribution in [0.15, 0.2) is 48.5 Å². The number of fused-ring (bicyclic) bond motifs is 1. The van der Waals surface area contributed by atoms with E-state index in [4.69, 9.17) is 10.5 Å². The lowest BCUT2D eigenvalue weighted by Crippen LogP contribution is -2.26. The number of benzene rings is 2. The molecule has 0 bridgehead atoms. The van der Waals surface area contributed by atoms with E-state index in [2.05, 4.69) is 50.3 Å². The lowest BCUT2D eigenvalue weighted by atomic mass is 9.68. The van der Waals surface area contributed by atoms with Gasteiger partial charge in [-0.2, -0.15) is 10.5 Å². The summed E-state index contributed by atoms with van der Waals surface area (Å²) in [6.45, 7) is 4.68. The summed E-state index contributed by atoms with van der Waals surface area (Å²) in [5.74, 6) is 4.21. The van der Waals surface area contributed by atoms with Crippen molar-refractivity contribution in [1.29, 1.82) is 10.5 Å². The van der Waals surface area contributed by atoms with Gasteiger partial charge in [-0.25, -0.2) is 0 Å². The number of hydrogen-bond donors (Lipinski definition) is 0. The van der Waals surface area contributed by atoms with Crippen LogP contribution >= 0.6 is 0 Å². The van der Waals surface area contributed by atoms with Crippen LogP contribution in [0.2, 0.25) is 0 Å². The molecule has 0 aromatic heterocycles. The van der Waals surface area contributed by atoms with Crippen molar-refractivity contribution >= 4 is 0 Å². The lowest BCUT2D eigenvalue weighted by molar-refractivity contribution is 0.436. The SMILES string of the molecule is CC1(C)[C](c2ccc(C#N)cc2)C2CCCC2[C]1c1ccc(C#N)cc1. The molecule has 0 amide bonds. The van der Waals surface area contributed by atoms with E-state index in [0.717, 1.165) is 0 Å². The third-order valence-electron chi connectivity index (χ3n) is 6.25. The van der Waals surface area contributed by atoms with Crippen molar-refractivity contribution in [2.75, 3.05) is 0 Å². The fraction of sp³-hybridized carbons (Fsp3) is 0.333. The molecule has 2 saturated carbocycles. The summed E-state index contributed by atoms with van der Waals surface area (Å²) in [6, 6.07) is 20.6. The Kier molecular flexibility index (Phi) is 4.08. The van der Waals surface area contributed by atoms with Gasteiger partial charge in [0.2, 0.25) is 0 Å². The van der Waals surface area contributed by atoms with E-state index in [1.54, 1.807) is 0 Å². The molecule has 2 aliphatic rings. The van der Waals surface area contributed by atoms with Crippen molar-refractivity contribution in [3.8, 4) is 12.1 Å². The molecule has 2 nitrogen and oxygen atoms in total. The molecular weight excluding hydrogens is 316 g/mol. The molecule has 2 heteroatoms. The molecule has 2 aromatic rings. The van der Waals surface area contributed by atoms with Crippen molar-refractivity contribution in [3.63, 3.8) is 0 Å². The number of hydrogen-bond acceptors (Lipinski definition) is 2. The molecule has 0 saturated heterocycles. The summed E-state index contributed by atoms with van der Waals surface area (Å²) >= 11 is 0. The van der Waals surface area contributed by atoms with Gasteiger partial charge in [0, 0.05) is 11.8 Å². The molecule has 0 spiro atoms. The van der Waals surface area contributed by atoms with Gasteiger partial charge in [-0.15, -0.1) is 0 Å². The van der Waals surface area contributed by atoms with Crippen LogP contribution < -0.4 is 0 Å². The molecule has 0 N–H and O–H groups in total. The van der Waals surface area contributed by atoms with Crippen molar-refractivity contribution in [2.24, 2.45) is 17.3 Å². The Hall–Kier alpha value is -2.58. The normalized spacial score (nSPS) is 24.8. The van der Waals surface area contributed by atoms with Crippen LogP contribution in [0.1, 0.15) is 55.4 Å². The van der Waals surface area contributed by atoms with Gasteiger partial charge in [-0.05, 0) is 65.5 Å². The fourth-order valence-electron chi connectivity index (χ4n) is 5.32. The van der Waals surface area contributed by atoms with Crippen molar-refractivity contribution in [1.82, 2.24) is 0 Å². The minimum absolute atomic E-state index is 0.0158. The van der Waals surface area contributed by atoms with Crippen molar-refractivity contribution in [3.05, 3.63) is 82.6 Å². The number of nitrogens with zero attached hydrogens (tertiary/aromatic N) is 2. The van der Waals surface area contributed by atoms with E-state index in [1.807, 2.05) is 24.3 Å². The molecule has 4 rings (SSSR count). The third-order valence-corrected chi connectivity index (χ3v) is 6.25. The average Bonchev–Trinajstić information content (AvgIpc) is 3.19. The molecule has 2 radical (unpaired) electrons. The Balaban J connectivity index is 1.76. The Morgan fingerprint density at radius 3 is 1.46 bits per heavy atom. The first-order valence-electron chi connectivity index (χ1n) is 9.32. The Labute approximate surface area is 156 Å². The maximum atomic E-state index is 9.10. The Morgan fingerprint density at radius 1 is 0.731 bits per heavy atom. The van der Waals surface area contributed by atoms with E-state index in [9.17, 15) is 0 Å². The second-order valence-corrected chi connectivity index (χ2v) is 7.97. The van der Waals surface area contributed by atoms with Gasteiger partial charge in [-0.1, -0.05) is 44.5 Å². The van der Waals surface area contributed by atoms with Crippen LogP contribution in [0.25, 0.3) is 0 Å². The Morgan fingerprint density at radius 2 is 1.12 bits per heavy atom. The summed E-state index contributed by atoms with van der Waals surface area (Å²) in [7, 11) is 0. The zero-order valence-electron chi connectivity index (χ0n) is 15.3. The fourth-order valence-corrected chi connectivity index (χ4v) is 5.32. The molecule has 2 aromatic carbocycles. The first kappa shape index (κ1) is 16.9. The predicted molar refractivity (Wildman–Crippen MR) is 102 cm³/mol. The smallest absolute Gasteiger partial charge is 0.0991 e. The predicted octanol–water partition coefficient (Wildman–Crippen LogP) is 5.43. The number of nitriles is 2. The van der Waals surface area contributed by atoms with Crippen molar-refractivity contribution < 1.29 is 0 Å². The van der Waals surface area contributed by atoms with Gasteiger partial charge in [-0.3, -0.25) is 0 Å². The Bertz CT molecular complexity index is 804. The minimum Gasteiger partial charge on any atom is -0.192 e. The topological polar surface area (TPSA) is 47.6 Å². The van der Waals surface area contributed by atoms with Gasteiger partial charge in [0.1, 0.15) is 0 Å². The molecular formula is C24H22N2. The van der Waals surface area contributed by atoms with Gasteiger partial charge >= 0.3 is 0 Å². The summed E-state index contributed by atoms with van der Waals surface area (Å²) in [4.78, 5) is 0. The van der Waals surface area contributed by atoms with Crippen LogP contribution in [-0.2, 0) is 0 Å². The second kappa shape index (κ2) is 6.30. The average molecular weight is 338 g/mol. The van der Waals surface area contributed by atoms with E-state index < -0.39 is 0 Å². The quantitative estimate of drug-likeness (QED) is 0.733. The summed E-state index contributed by atoms with van der Waals surface area (Å²) in [5.41, 5.74) is 3.95. The molecule has 2 unspecified atom stereocenters. The third kappa shape index (κ3) is 2.53. The van der Waals surface area contributed by atoms with Crippen LogP contribution in [0.3, 0.4) is 0 Å². The van der Waals surface area contributed by atoms with Gasteiger partial charge < -0.3 is 0 Å². The lowest BCUT2D eigenvalue weighted by Gasteiger charge is -2.35. The molecule has 26 heavy (non-hydrogen) atoms. The number of rotatable bonds is 2. The van der Waals surface area contributed by atoms with Gasteiger partial charge in [0.05, 0.1) is 23.3 Å². The molecule has 2 aliphatic carbocycles. The highest BCUT2D eigenvalue weighted by Crippen LogP contribution is 2.65. The highest BCUT2D eigenvalue weighted by molar-refractivity contribution is 5.53. The molecule has 2 fully saturated rings. The van der Waals surface area contributed by atoms with E-state index in [0.29, 0.717) is 23.0 Å². The van der Waals surface area contributed by atoms with Gasteiger partial charge in [0.15, 0.2) is 0 Å². The molecule has 128 valence electrons. The highest BCUT2D eigenvalue weighted by Gasteiger charge is 2.57. The summed E-state index contributed by atoms with van der Waals surface area (Å²) in [5, 5.41) is 18.2. The van der Waals surface area contributed by atoms with Crippen LogP contribution in [0.5, 0.6) is 0 Å². The second-order valence-electron chi connectivity index (χ2n) is 7.97.